The summed E-state index contributed by atoms with van der Waals surface area (Å²) >= 11 is 0. The van der Waals surface area contributed by atoms with Gasteiger partial charge in [-0.25, -0.2) is 4.98 Å². The molecule has 1 aliphatic heterocycles. The number of unbranched alkanes of at least 4 members (excludes halogenated alkanes) is 1. The van der Waals surface area contributed by atoms with E-state index in [2.05, 4.69) is 48.2 Å². The van der Waals surface area contributed by atoms with Crippen LogP contribution in [0.1, 0.15) is 46.8 Å². The highest BCUT2D eigenvalue weighted by Gasteiger charge is 2.28. The summed E-state index contributed by atoms with van der Waals surface area (Å²) in [6.07, 6.45) is 3.44. The van der Waals surface area contributed by atoms with Crippen molar-refractivity contribution in [1.82, 2.24) is 4.98 Å². The van der Waals surface area contributed by atoms with E-state index in [1.165, 1.54) is 24.0 Å². The number of anilines is 1. The predicted molar refractivity (Wildman–Crippen MR) is 156 cm³/mol. The fraction of sp³-hybridized carbons (Fsp3) is 0.147. The zero-order valence-electron chi connectivity index (χ0n) is 21.5. The van der Waals surface area contributed by atoms with E-state index in [0.29, 0.717) is 17.9 Å². The molecule has 186 valence electrons. The second kappa shape index (κ2) is 10.4. The van der Waals surface area contributed by atoms with Gasteiger partial charge in [0.15, 0.2) is 0 Å². The number of amides is 1. The molecule has 1 aliphatic rings. The van der Waals surface area contributed by atoms with E-state index < -0.39 is 0 Å². The Balaban J connectivity index is 1.43. The van der Waals surface area contributed by atoms with Crippen molar-refractivity contribution < 1.29 is 4.79 Å². The molecule has 1 aromatic heterocycles. The summed E-state index contributed by atoms with van der Waals surface area (Å²) in [6, 6.07) is 36.5. The highest BCUT2D eigenvalue weighted by atomic mass is 16.1. The molecule has 0 saturated carbocycles. The number of nitrogens with zero attached hydrogens (tertiary/aromatic N) is 3. The number of rotatable bonds is 6. The van der Waals surface area contributed by atoms with Crippen LogP contribution in [0.2, 0.25) is 0 Å². The molecule has 0 atom stereocenters. The molecule has 0 radical (unpaired) electrons. The molecule has 4 heteroatoms. The number of carbonyl (C=O) groups is 1. The van der Waals surface area contributed by atoms with Crippen LogP contribution in [-0.2, 0) is 13.0 Å². The average molecular weight is 496 g/mol. The SMILES string of the molecule is CCCCc1ccc(N2Cc3ccccc3C2=NC(=O)c2cc(-c3ccccc3)nc3ccccc23)cc1. The number of aryl methyl sites for hydroxylation is 1. The van der Waals surface area contributed by atoms with Gasteiger partial charge in [-0.2, -0.15) is 4.99 Å². The summed E-state index contributed by atoms with van der Waals surface area (Å²) in [6.45, 7) is 2.90. The van der Waals surface area contributed by atoms with Gasteiger partial charge in [0, 0.05) is 22.2 Å². The first-order valence-electron chi connectivity index (χ1n) is 13.2. The largest absolute Gasteiger partial charge is 0.321 e. The van der Waals surface area contributed by atoms with Crippen molar-refractivity contribution in [1.29, 1.82) is 0 Å². The second-order valence-electron chi connectivity index (χ2n) is 9.69. The number of pyridine rings is 1. The molecule has 1 amide bonds. The highest BCUT2D eigenvalue weighted by molar-refractivity contribution is 6.20. The predicted octanol–water partition coefficient (Wildman–Crippen LogP) is 7.85. The third-order valence-corrected chi connectivity index (χ3v) is 7.13. The van der Waals surface area contributed by atoms with Gasteiger partial charge in [0.1, 0.15) is 5.84 Å². The number of aromatic nitrogens is 1. The number of fused-ring (bicyclic) bond motifs is 2. The first-order chi connectivity index (χ1) is 18.7. The molecule has 6 rings (SSSR count). The zero-order valence-corrected chi connectivity index (χ0v) is 21.5. The van der Waals surface area contributed by atoms with Crippen molar-refractivity contribution in [3.05, 3.63) is 131 Å². The maximum atomic E-state index is 13.9. The fourth-order valence-electron chi connectivity index (χ4n) is 5.09. The molecule has 0 N–H and O–H groups in total. The van der Waals surface area contributed by atoms with Gasteiger partial charge in [0.2, 0.25) is 0 Å². The van der Waals surface area contributed by atoms with E-state index in [9.17, 15) is 4.79 Å². The molecular weight excluding hydrogens is 466 g/mol. The van der Waals surface area contributed by atoms with Crippen molar-refractivity contribution in [3.63, 3.8) is 0 Å². The molecule has 38 heavy (non-hydrogen) atoms. The summed E-state index contributed by atoms with van der Waals surface area (Å²) in [5, 5.41) is 0.805. The Hall–Kier alpha value is -4.57. The molecule has 0 aliphatic carbocycles. The molecule has 0 unspecified atom stereocenters. The minimum Gasteiger partial charge on any atom is -0.321 e. The Kier molecular flexibility index (Phi) is 6.53. The number of para-hydroxylation sites is 1. The van der Waals surface area contributed by atoms with E-state index >= 15 is 0 Å². The van der Waals surface area contributed by atoms with E-state index in [1.807, 2.05) is 72.8 Å². The topological polar surface area (TPSA) is 45.6 Å². The van der Waals surface area contributed by atoms with Crippen molar-refractivity contribution in [3.8, 4) is 11.3 Å². The summed E-state index contributed by atoms with van der Waals surface area (Å²) in [5.41, 5.74) is 7.60. The standard InChI is InChI=1S/C34H29N3O/c1-2-3-11-24-18-20-27(21-19-24)37-23-26-14-7-8-15-28(26)33(37)36-34(38)30-22-32(25-12-5-4-6-13-25)35-31-17-10-9-16-29(30)31/h4-10,12-22H,2-3,11,23H2,1H3. The Morgan fingerprint density at radius 3 is 2.42 bits per heavy atom. The lowest BCUT2D eigenvalue weighted by molar-refractivity contribution is 0.100. The summed E-state index contributed by atoms with van der Waals surface area (Å²) in [4.78, 5) is 25.7. The second-order valence-corrected chi connectivity index (χ2v) is 9.69. The molecule has 0 bridgehead atoms. The first kappa shape index (κ1) is 23.8. The van der Waals surface area contributed by atoms with Gasteiger partial charge in [-0.05, 0) is 48.2 Å². The van der Waals surface area contributed by atoms with Crippen LogP contribution in [0.25, 0.3) is 22.2 Å². The highest BCUT2D eigenvalue weighted by Crippen LogP contribution is 2.31. The summed E-state index contributed by atoms with van der Waals surface area (Å²) < 4.78 is 0. The molecule has 5 aromatic rings. The third kappa shape index (κ3) is 4.61. The van der Waals surface area contributed by atoms with Crippen LogP contribution in [0.4, 0.5) is 5.69 Å². The van der Waals surface area contributed by atoms with Crippen molar-refractivity contribution in [2.45, 2.75) is 32.7 Å². The van der Waals surface area contributed by atoms with Crippen LogP contribution >= 0.6 is 0 Å². The Bertz CT molecular complexity index is 1640. The maximum Gasteiger partial charge on any atom is 0.279 e. The van der Waals surface area contributed by atoms with Crippen LogP contribution in [0.15, 0.2) is 114 Å². The molecule has 4 nitrogen and oxygen atoms in total. The van der Waals surface area contributed by atoms with Gasteiger partial charge in [-0.15, -0.1) is 0 Å². The summed E-state index contributed by atoms with van der Waals surface area (Å²) in [7, 11) is 0. The Labute approximate surface area is 223 Å². The molecule has 0 saturated heterocycles. The minimum absolute atomic E-state index is 0.267. The van der Waals surface area contributed by atoms with Gasteiger partial charge < -0.3 is 4.90 Å². The summed E-state index contributed by atoms with van der Waals surface area (Å²) in [5.74, 6) is 0.422. The minimum atomic E-state index is -0.267. The normalized spacial score (nSPS) is 13.7. The van der Waals surface area contributed by atoms with Crippen molar-refractivity contribution in [2.24, 2.45) is 4.99 Å². The smallest absolute Gasteiger partial charge is 0.279 e. The quantitative estimate of drug-likeness (QED) is 0.241. The van der Waals surface area contributed by atoms with Crippen LogP contribution in [0.5, 0.6) is 0 Å². The van der Waals surface area contributed by atoms with Crippen molar-refractivity contribution in [2.75, 3.05) is 4.90 Å². The average Bonchev–Trinajstić information content (AvgIpc) is 3.34. The Morgan fingerprint density at radius 2 is 1.61 bits per heavy atom. The third-order valence-electron chi connectivity index (χ3n) is 7.13. The van der Waals surface area contributed by atoms with E-state index in [4.69, 9.17) is 9.98 Å². The van der Waals surface area contributed by atoms with E-state index in [1.54, 1.807) is 0 Å². The number of benzene rings is 4. The number of carbonyl (C=O) groups excluding carboxylic acids is 1. The lowest BCUT2D eigenvalue weighted by atomic mass is 10.0. The molecular formula is C34H29N3O. The monoisotopic (exact) mass is 495 g/mol. The van der Waals surface area contributed by atoms with Crippen LogP contribution in [0.3, 0.4) is 0 Å². The maximum absolute atomic E-state index is 13.9. The van der Waals surface area contributed by atoms with E-state index in [0.717, 1.165) is 39.8 Å². The molecule has 4 aromatic carbocycles. The molecule has 0 fully saturated rings. The van der Waals surface area contributed by atoms with Crippen LogP contribution in [-0.4, -0.2) is 16.7 Å². The molecule has 0 spiro atoms. The van der Waals surface area contributed by atoms with Gasteiger partial charge in [-0.1, -0.05) is 98.3 Å². The number of hydrogen-bond donors (Lipinski definition) is 0. The van der Waals surface area contributed by atoms with E-state index in [-0.39, 0.29) is 5.91 Å². The van der Waals surface area contributed by atoms with Gasteiger partial charge in [-0.3, -0.25) is 4.79 Å². The first-order valence-corrected chi connectivity index (χ1v) is 13.2. The Morgan fingerprint density at radius 1 is 0.868 bits per heavy atom. The molecule has 2 heterocycles. The van der Waals surface area contributed by atoms with Crippen LogP contribution < -0.4 is 4.90 Å². The van der Waals surface area contributed by atoms with Gasteiger partial charge in [0.05, 0.1) is 23.3 Å². The fourth-order valence-corrected chi connectivity index (χ4v) is 5.09. The van der Waals surface area contributed by atoms with Crippen molar-refractivity contribution >= 4 is 28.3 Å². The number of aliphatic imine (C=N–C) groups is 1. The zero-order chi connectivity index (χ0) is 25.9. The number of amidine groups is 1. The number of hydrogen-bond acceptors (Lipinski definition) is 2. The van der Waals surface area contributed by atoms with Crippen LogP contribution in [0, 0.1) is 0 Å². The lowest BCUT2D eigenvalue weighted by Gasteiger charge is -2.20. The van der Waals surface area contributed by atoms with Gasteiger partial charge in [0.25, 0.3) is 5.91 Å². The van der Waals surface area contributed by atoms with Gasteiger partial charge >= 0.3 is 0 Å². The lowest BCUT2D eigenvalue weighted by Crippen LogP contribution is -2.25.